The topological polar surface area (TPSA) is 3.01 Å². The van der Waals surface area contributed by atoms with Crippen molar-refractivity contribution < 1.29 is 4.58 Å². The molecule has 1 nitrogen and oxygen atoms in total. The monoisotopic (exact) mass is 224 g/mol. The Labute approximate surface area is 102 Å². The molecule has 0 N–H and O–H groups in total. The summed E-state index contributed by atoms with van der Waals surface area (Å²) in [6, 6.07) is 0. The van der Waals surface area contributed by atoms with E-state index in [-0.39, 0.29) is 0 Å². The van der Waals surface area contributed by atoms with Crippen molar-refractivity contribution in [2.24, 2.45) is 17.8 Å². The van der Waals surface area contributed by atoms with Gasteiger partial charge in [0.15, 0.2) is 0 Å². The van der Waals surface area contributed by atoms with Gasteiger partial charge in [0.1, 0.15) is 19.3 Å². The summed E-state index contributed by atoms with van der Waals surface area (Å²) >= 11 is 0. The average Bonchev–Trinajstić information content (AvgIpc) is 2.14. The third-order valence-corrected chi connectivity index (χ3v) is 2.61. The maximum absolute atomic E-state index is 3.84. The first-order valence-electron chi connectivity index (χ1n) is 6.69. The van der Waals surface area contributed by atoms with E-state index in [2.05, 4.69) is 52.0 Å². The van der Waals surface area contributed by atoms with Crippen molar-refractivity contribution in [1.29, 1.82) is 0 Å². The minimum absolute atomic E-state index is 0.662. The van der Waals surface area contributed by atoms with Gasteiger partial charge >= 0.3 is 0 Å². The standard InChI is InChI=1S/C15H30N/c1-7-9-15(8-2)12-16(10-13(3)4)11-14(5)6/h7,12-15H,1,8-11H2,2-6H3/q+1. The molecule has 0 aromatic heterocycles. The number of nitrogens with zero attached hydrogens (tertiary/aromatic N) is 1. The quantitative estimate of drug-likeness (QED) is 0.333. The lowest BCUT2D eigenvalue weighted by Crippen LogP contribution is -2.25. The molecule has 16 heavy (non-hydrogen) atoms. The Hall–Kier alpha value is -0.590. The summed E-state index contributed by atoms with van der Waals surface area (Å²) in [7, 11) is 0. The summed E-state index contributed by atoms with van der Waals surface area (Å²) in [5.41, 5.74) is 0. The molecule has 0 bridgehead atoms. The normalized spacial score (nSPS) is 12.9. The number of hydrogen-bond donors (Lipinski definition) is 0. The largest absolute Gasteiger partial charge is 0.239 e. The zero-order valence-electron chi connectivity index (χ0n) is 11.9. The van der Waals surface area contributed by atoms with Crippen LogP contribution < -0.4 is 0 Å². The van der Waals surface area contributed by atoms with Gasteiger partial charge in [-0.2, -0.15) is 0 Å². The summed E-state index contributed by atoms with van der Waals surface area (Å²) < 4.78 is 2.51. The molecule has 1 heteroatoms. The first kappa shape index (κ1) is 15.4. The third kappa shape index (κ3) is 7.67. The SMILES string of the molecule is C=CCC(C=[N+](CC(C)C)CC(C)C)CC. The van der Waals surface area contributed by atoms with E-state index in [1.165, 1.54) is 19.5 Å². The molecule has 1 atom stereocenters. The van der Waals surface area contributed by atoms with E-state index in [0.717, 1.165) is 18.3 Å². The Morgan fingerprint density at radius 2 is 1.56 bits per heavy atom. The molecule has 0 spiro atoms. The van der Waals surface area contributed by atoms with E-state index in [1.807, 2.05) is 6.08 Å². The summed E-state index contributed by atoms with van der Waals surface area (Å²) in [4.78, 5) is 0. The highest BCUT2D eigenvalue weighted by Gasteiger charge is 2.13. The molecular weight excluding hydrogens is 194 g/mol. The Bertz CT molecular complexity index is 201. The number of rotatable bonds is 8. The Balaban J connectivity index is 4.55. The Morgan fingerprint density at radius 1 is 1.06 bits per heavy atom. The second-order valence-corrected chi connectivity index (χ2v) is 5.58. The lowest BCUT2D eigenvalue weighted by atomic mass is 10.0. The lowest BCUT2D eigenvalue weighted by molar-refractivity contribution is -0.537. The fourth-order valence-corrected chi connectivity index (χ4v) is 1.98. The van der Waals surface area contributed by atoms with Gasteiger partial charge in [-0.15, -0.1) is 6.58 Å². The minimum Gasteiger partial charge on any atom is -0.239 e. The second-order valence-electron chi connectivity index (χ2n) is 5.58. The average molecular weight is 224 g/mol. The van der Waals surface area contributed by atoms with Crippen LogP contribution in [0.2, 0.25) is 0 Å². The lowest BCUT2D eigenvalue weighted by Gasteiger charge is -2.12. The first-order chi connectivity index (χ1) is 7.49. The second kappa shape index (κ2) is 8.55. The van der Waals surface area contributed by atoms with Crippen molar-refractivity contribution >= 4 is 6.21 Å². The maximum Gasteiger partial charge on any atom is 0.144 e. The van der Waals surface area contributed by atoms with Crippen LogP contribution in [0.4, 0.5) is 0 Å². The Morgan fingerprint density at radius 3 is 1.88 bits per heavy atom. The zero-order valence-corrected chi connectivity index (χ0v) is 11.9. The van der Waals surface area contributed by atoms with Crippen molar-refractivity contribution in [3.05, 3.63) is 12.7 Å². The Kier molecular flexibility index (Phi) is 8.23. The van der Waals surface area contributed by atoms with Crippen LogP contribution in [-0.2, 0) is 0 Å². The highest BCUT2D eigenvalue weighted by atomic mass is 15.0. The predicted octanol–water partition coefficient (Wildman–Crippen LogP) is 3.98. The predicted molar refractivity (Wildman–Crippen MR) is 74.3 cm³/mol. The summed E-state index contributed by atoms with van der Waals surface area (Å²) in [5.74, 6) is 2.13. The molecule has 0 fully saturated rings. The molecule has 0 aliphatic carbocycles. The van der Waals surface area contributed by atoms with Crippen molar-refractivity contribution in [2.75, 3.05) is 13.1 Å². The fourth-order valence-electron chi connectivity index (χ4n) is 1.98. The van der Waals surface area contributed by atoms with E-state index in [4.69, 9.17) is 0 Å². The molecule has 0 aliphatic rings. The first-order valence-corrected chi connectivity index (χ1v) is 6.69. The number of allylic oxidation sites excluding steroid dienone is 1. The van der Waals surface area contributed by atoms with E-state index < -0.39 is 0 Å². The van der Waals surface area contributed by atoms with E-state index in [9.17, 15) is 0 Å². The van der Waals surface area contributed by atoms with Gasteiger partial charge in [-0.3, -0.25) is 0 Å². The van der Waals surface area contributed by atoms with Gasteiger partial charge in [0.05, 0.1) is 0 Å². The molecule has 0 rings (SSSR count). The van der Waals surface area contributed by atoms with Crippen LogP contribution in [0.15, 0.2) is 12.7 Å². The van der Waals surface area contributed by atoms with E-state index in [0.29, 0.717) is 5.92 Å². The van der Waals surface area contributed by atoms with Crippen LogP contribution in [0.5, 0.6) is 0 Å². The molecule has 0 radical (unpaired) electrons. The van der Waals surface area contributed by atoms with E-state index in [1.54, 1.807) is 0 Å². The molecule has 0 saturated carbocycles. The zero-order chi connectivity index (χ0) is 12.6. The fraction of sp³-hybridized carbons (Fsp3) is 0.800. The molecule has 0 heterocycles. The summed E-state index contributed by atoms with van der Waals surface area (Å²) in [6.07, 6.45) is 6.77. The molecule has 0 amide bonds. The molecular formula is C15H30N+. The minimum atomic E-state index is 0.662. The van der Waals surface area contributed by atoms with Crippen LogP contribution in [0.1, 0.15) is 47.5 Å². The highest BCUT2D eigenvalue weighted by Crippen LogP contribution is 2.07. The van der Waals surface area contributed by atoms with Crippen LogP contribution in [0.25, 0.3) is 0 Å². The van der Waals surface area contributed by atoms with Crippen LogP contribution in [-0.4, -0.2) is 23.9 Å². The van der Waals surface area contributed by atoms with Gasteiger partial charge in [0, 0.05) is 17.8 Å². The van der Waals surface area contributed by atoms with Crippen molar-refractivity contribution in [2.45, 2.75) is 47.5 Å². The molecule has 0 aromatic carbocycles. The molecule has 1 unspecified atom stereocenters. The third-order valence-electron chi connectivity index (χ3n) is 2.61. The van der Waals surface area contributed by atoms with Gasteiger partial charge in [-0.05, 0) is 12.8 Å². The van der Waals surface area contributed by atoms with Crippen LogP contribution in [0.3, 0.4) is 0 Å². The van der Waals surface area contributed by atoms with Gasteiger partial charge in [0.25, 0.3) is 0 Å². The summed E-state index contributed by atoms with van der Waals surface area (Å²) in [5, 5.41) is 0. The molecule has 0 aliphatic heterocycles. The van der Waals surface area contributed by atoms with Gasteiger partial charge in [0.2, 0.25) is 0 Å². The van der Waals surface area contributed by atoms with Gasteiger partial charge in [-0.1, -0.05) is 40.7 Å². The highest BCUT2D eigenvalue weighted by molar-refractivity contribution is 5.55. The molecule has 94 valence electrons. The van der Waals surface area contributed by atoms with Gasteiger partial charge in [-0.25, -0.2) is 4.58 Å². The van der Waals surface area contributed by atoms with Crippen molar-refractivity contribution in [3.8, 4) is 0 Å². The molecule has 0 saturated heterocycles. The smallest absolute Gasteiger partial charge is 0.144 e. The van der Waals surface area contributed by atoms with Crippen LogP contribution in [0, 0.1) is 17.8 Å². The van der Waals surface area contributed by atoms with E-state index >= 15 is 0 Å². The summed E-state index contributed by atoms with van der Waals surface area (Å²) in [6.45, 7) is 17.6. The van der Waals surface area contributed by atoms with Crippen LogP contribution >= 0.6 is 0 Å². The number of hydrogen-bond acceptors (Lipinski definition) is 0. The molecule has 0 aromatic rings. The maximum atomic E-state index is 3.84. The van der Waals surface area contributed by atoms with Crippen molar-refractivity contribution in [3.63, 3.8) is 0 Å². The van der Waals surface area contributed by atoms with Gasteiger partial charge < -0.3 is 0 Å². The van der Waals surface area contributed by atoms with Crippen molar-refractivity contribution in [1.82, 2.24) is 0 Å².